The number of carboxylic acid groups (broad SMARTS) is 1. The molecule has 3 heterocycles. The second kappa shape index (κ2) is 8.15. The van der Waals surface area contributed by atoms with Gasteiger partial charge in [-0.1, -0.05) is 59.6 Å². The molecule has 2 aromatic carbocycles. The van der Waals surface area contributed by atoms with Gasteiger partial charge in [0.25, 0.3) is 0 Å². The zero-order valence-corrected chi connectivity index (χ0v) is 18.1. The Hall–Kier alpha value is -3.61. The minimum absolute atomic E-state index is 0.0743. The van der Waals surface area contributed by atoms with Crippen molar-refractivity contribution in [1.82, 2.24) is 19.5 Å². The van der Waals surface area contributed by atoms with Gasteiger partial charge in [0, 0.05) is 33.2 Å². The summed E-state index contributed by atoms with van der Waals surface area (Å²) in [4.78, 5) is 24.3. The molecule has 158 valence electrons. The van der Waals surface area contributed by atoms with Gasteiger partial charge < -0.3 is 14.7 Å². The van der Waals surface area contributed by atoms with Gasteiger partial charge in [0.2, 0.25) is 0 Å². The lowest BCUT2D eigenvalue weighted by atomic mass is 10.0. The molecule has 0 saturated carbocycles. The molecule has 0 fully saturated rings. The van der Waals surface area contributed by atoms with Gasteiger partial charge in [-0.15, -0.1) is 0 Å². The average Bonchev–Trinajstić information content (AvgIpc) is 3.36. The zero-order valence-electron chi connectivity index (χ0n) is 16.6. The maximum Gasteiger partial charge on any atom is 0.353 e. The fourth-order valence-corrected chi connectivity index (χ4v) is 4.11. The molecule has 0 radical (unpaired) electrons. The van der Waals surface area contributed by atoms with Crippen molar-refractivity contribution in [3.63, 3.8) is 0 Å². The number of rotatable bonds is 5. The summed E-state index contributed by atoms with van der Waals surface area (Å²) in [5.41, 5.74) is 4.27. The third kappa shape index (κ3) is 3.64. The molecule has 2 N–H and O–H groups in total. The van der Waals surface area contributed by atoms with E-state index in [0.717, 1.165) is 16.6 Å². The monoisotopic (exact) mass is 462 g/mol. The number of fused-ring (bicyclic) bond motifs is 1. The summed E-state index contributed by atoms with van der Waals surface area (Å²) in [5, 5.41) is 11.8. The summed E-state index contributed by atoms with van der Waals surface area (Å²) in [6.45, 7) is 0.395. The first-order valence-corrected chi connectivity index (χ1v) is 10.5. The molecule has 0 unspecified atom stereocenters. The highest BCUT2D eigenvalue weighted by Gasteiger charge is 2.25. The minimum Gasteiger partial charge on any atom is -0.477 e. The largest absolute Gasteiger partial charge is 0.477 e. The molecule has 6 nitrogen and oxygen atoms in total. The molecule has 0 saturated heterocycles. The van der Waals surface area contributed by atoms with Crippen LogP contribution in [0.3, 0.4) is 0 Å². The van der Waals surface area contributed by atoms with E-state index >= 15 is 0 Å². The number of H-pyrrole nitrogens is 1. The van der Waals surface area contributed by atoms with Crippen LogP contribution >= 0.6 is 23.2 Å². The standard InChI is InChI=1S/C24H16Cl2N4O2/c25-15-7-9-18-19(10-15)29-22(24(31)32)20(18)23-21(14-4-2-1-3-5-14)28-13-30(23)12-17-8-6-16(26)11-27-17/h1-11,13,29H,12H2,(H,31,32). The Balaban J connectivity index is 1.79. The number of carboxylic acids is 1. The van der Waals surface area contributed by atoms with E-state index in [9.17, 15) is 9.90 Å². The number of aromatic nitrogens is 4. The second-order valence-corrected chi connectivity index (χ2v) is 8.15. The molecule has 0 aliphatic carbocycles. The van der Waals surface area contributed by atoms with E-state index in [4.69, 9.17) is 23.2 Å². The van der Waals surface area contributed by atoms with E-state index in [0.29, 0.717) is 39.1 Å². The van der Waals surface area contributed by atoms with Gasteiger partial charge in [0.05, 0.1) is 35.0 Å². The Kier molecular flexibility index (Phi) is 5.17. The van der Waals surface area contributed by atoms with E-state index < -0.39 is 5.97 Å². The maximum absolute atomic E-state index is 12.2. The highest BCUT2D eigenvalue weighted by Crippen LogP contribution is 2.39. The summed E-state index contributed by atoms with van der Waals surface area (Å²) < 4.78 is 1.90. The van der Waals surface area contributed by atoms with Crippen LogP contribution in [0.2, 0.25) is 10.0 Å². The topological polar surface area (TPSA) is 83.8 Å². The molecule has 8 heteroatoms. The van der Waals surface area contributed by atoms with Gasteiger partial charge in [0.1, 0.15) is 5.69 Å². The van der Waals surface area contributed by atoms with Crippen molar-refractivity contribution in [2.45, 2.75) is 6.54 Å². The van der Waals surface area contributed by atoms with Gasteiger partial charge in [-0.3, -0.25) is 4.98 Å². The Labute approximate surface area is 193 Å². The van der Waals surface area contributed by atoms with Crippen molar-refractivity contribution in [1.29, 1.82) is 0 Å². The number of hydrogen-bond donors (Lipinski definition) is 2. The zero-order chi connectivity index (χ0) is 22.2. The fourth-order valence-electron chi connectivity index (χ4n) is 3.82. The number of halogens is 2. The molecule has 0 spiro atoms. The normalized spacial score (nSPS) is 11.2. The average molecular weight is 463 g/mol. The Morgan fingerprint density at radius 2 is 1.78 bits per heavy atom. The SMILES string of the molecule is O=C(O)c1[nH]c2cc(Cl)ccc2c1-c1c(-c2ccccc2)ncn1Cc1ccc(Cl)cn1. The Morgan fingerprint density at radius 1 is 1.00 bits per heavy atom. The lowest BCUT2D eigenvalue weighted by Gasteiger charge is -2.11. The van der Waals surface area contributed by atoms with E-state index in [2.05, 4.69) is 15.0 Å². The molecule has 0 aliphatic rings. The predicted molar refractivity (Wildman–Crippen MR) is 125 cm³/mol. The highest BCUT2D eigenvalue weighted by molar-refractivity contribution is 6.31. The minimum atomic E-state index is -1.07. The number of aromatic amines is 1. The van der Waals surface area contributed by atoms with Crippen molar-refractivity contribution in [3.8, 4) is 22.5 Å². The van der Waals surface area contributed by atoms with Crippen LogP contribution in [0.4, 0.5) is 0 Å². The van der Waals surface area contributed by atoms with Gasteiger partial charge >= 0.3 is 5.97 Å². The summed E-state index contributed by atoms with van der Waals surface area (Å²) in [6.07, 6.45) is 3.29. The van der Waals surface area contributed by atoms with Crippen molar-refractivity contribution in [3.05, 3.63) is 94.6 Å². The van der Waals surface area contributed by atoms with Crippen LogP contribution in [0.1, 0.15) is 16.2 Å². The molecule has 32 heavy (non-hydrogen) atoms. The number of benzene rings is 2. The fraction of sp³-hybridized carbons (Fsp3) is 0.0417. The Morgan fingerprint density at radius 3 is 2.50 bits per heavy atom. The molecule has 0 amide bonds. The first-order chi connectivity index (χ1) is 15.5. The van der Waals surface area contributed by atoms with E-state index in [1.807, 2.05) is 47.0 Å². The number of aromatic carboxylic acids is 1. The molecule has 5 aromatic rings. The third-order valence-corrected chi connectivity index (χ3v) is 5.68. The third-order valence-electron chi connectivity index (χ3n) is 5.22. The molecule has 0 bridgehead atoms. The first-order valence-electron chi connectivity index (χ1n) is 9.77. The van der Waals surface area contributed by atoms with Crippen LogP contribution in [-0.2, 0) is 6.54 Å². The van der Waals surface area contributed by atoms with Crippen molar-refractivity contribution in [2.24, 2.45) is 0 Å². The maximum atomic E-state index is 12.2. The molecule has 0 atom stereocenters. The van der Waals surface area contributed by atoms with Crippen LogP contribution in [0.5, 0.6) is 0 Å². The van der Waals surface area contributed by atoms with Gasteiger partial charge in [-0.25, -0.2) is 9.78 Å². The summed E-state index contributed by atoms with van der Waals surface area (Å²) in [6, 6.07) is 18.6. The number of nitrogens with one attached hydrogen (secondary N) is 1. The van der Waals surface area contributed by atoms with Crippen LogP contribution < -0.4 is 0 Å². The lowest BCUT2D eigenvalue weighted by Crippen LogP contribution is -2.06. The van der Waals surface area contributed by atoms with Crippen LogP contribution in [-0.4, -0.2) is 30.6 Å². The van der Waals surface area contributed by atoms with Crippen molar-refractivity contribution in [2.75, 3.05) is 0 Å². The lowest BCUT2D eigenvalue weighted by molar-refractivity contribution is 0.0692. The number of nitrogens with zero attached hydrogens (tertiary/aromatic N) is 3. The summed E-state index contributed by atoms with van der Waals surface area (Å²) in [5.74, 6) is -1.07. The summed E-state index contributed by atoms with van der Waals surface area (Å²) in [7, 11) is 0. The number of imidazole rings is 1. The molecule has 3 aromatic heterocycles. The van der Waals surface area contributed by atoms with Gasteiger partial charge in [-0.05, 0) is 24.3 Å². The second-order valence-electron chi connectivity index (χ2n) is 7.27. The van der Waals surface area contributed by atoms with Crippen molar-refractivity contribution >= 4 is 40.1 Å². The van der Waals surface area contributed by atoms with Gasteiger partial charge in [-0.2, -0.15) is 0 Å². The summed E-state index contributed by atoms with van der Waals surface area (Å²) >= 11 is 12.1. The predicted octanol–water partition coefficient (Wildman–Crippen LogP) is 6.15. The smallest absolute Gasteiger partial charge is 0.353 e. The molecular formula is C24H16Cl2N4O2. The molecule has 5 rings (SSSR count). The molecule has 0 aliphatic heterocycles. The van der Waals surface area contributed by atoms with E-state index in [1.165, 1.54) is 0 Å². The quantitative estimate of drug-likeness (QED) is 0.328. The first kappa shape index (κ1) is 20.3. The van der Waals surface area contributed by atoms with E-state index in [1.54, 1.807) is 30.7 Å². The Bertz CT molecular complexity index is 1440. The van der Waals surface area contributed by atoms with Gasteiger partial charge in [0.15, 0.2) is 0 Å². The van der Waals surface area contributed by atoms with Crippen molar-refractivity contribution < 1.29 is 9.90 Å². The highest BCUT2D eigenvalue weighted by atomic mass is 35.5. The number of carbonyl (C=O) groups is 1. The van der Waals surface area contributed by atoms with E-state index in [-0.39, 0.29) is 5.69 Å². The number of pyridine rings is 1. The molecular weight excluding hydrogens is 447 g/mol. The van der Waals surface area contributed by atoms with Crippen LogP contribution in [0.15, 0.2) is 73.2 Å². The number of hydrogen-bond acceptors (Lipinski definition) is 3. The van der Waals surface area contributed by atoms with Crippen LogP contribution in [0, 0.1) is 0 Å². The van der Waals surface area contributed by atoms with Crippen LogP contribution in [0.25, 0.3) is 33.4 Å².